The molecule has 3 rings (SSSR count). The number of carbonyl (C=O) groups is 1. The summed E-state index contributed by atoms with van der Waals surface area (Å²) in [6.45, 7) is 0. The number of carboxylic acids is 1. The Morgan fingerprint density at radius 3 is 2.24 bits per heavy atom. The molecule has 0 atom stereocenters. The average Bonchev–Trinajstić information content (AvgIpc) is 2.96. The number of rotatable bonds is 4. The molecule has 0 amide bonds. The second kappa shape index (κ2) is 5.89. The summed E-state index contributed by atoms with van der Waals surface area (Å²) in [5.74, 6) is -0.832. The lowest BCUT2D eigenvalue weighted by Crippen LogP contribution is -1.99. The second-order valence-corrected chi connectivity index (χ2v) is 5.58. The van der Waals surface area contributed by atoms with Crippen LogP contribution in [0.5, 0.6) is 0 Å². The van der Waals surface area contributed by atoms with Crippen molar-refractivity contribution in [3.05, 3.63) is 65.0 Å². The molecule has 3 nitrogen and oxygen atoms in total. The Balaban J connectivity index is 1.91. The van der Waals surface area contributed by atoms with Gasteiger partial charge in [0.05, 0.1) is 17.6 Å². The van der Waals surface area contributed by atoms with E-state index in [1.54, 1.807) is 5.51 Å². The molecular weight excluding hydrogens is 282 g/mol. The number of hydrogen-bond acceptors (Lipinski definition) is 3. The van der Waals surface area contributed by atoms with Gasteiger partial charge >= 0.3 is 5.97 Å². The number of thiazole rings is 1. The lowest BCUT2D eigenvalue weighted by atomic mass is 10.0. The summed E-state index contributed by atoms with van der Waals surface area (Å²) < 4.78 is 0. The van der Waals surface area contributed by atoms with Gasteiger partial charge in [-0.1, -0.05) is 54.6 Å². The van der Waals surface area contributed by atoms with Crippen LogP contribution in [0.4, 0.5) is 0 Å². The van der Waals surface area contributed by atoms with Crippen LogP contribution in [0.1, 0.15) is 4.88 Å². The van der Waals surface area contributed by atoms with Crippen LogP contribution >= 0.6 is 11.3 Å². The van der Waals surface area contributed by atoms with Gasteiger partial charge in [-0.05, 0) is 11.1 Å². The standard InChI is InChI=1S/C17H13NO2S/c19-16(20)10-15-17(18-11-21-15)14-8-6-13(7-9-14)12-4-2-1-3-5-12/h1-9,11H,10H2,(H,19,20). The number of hydrogen-bond donors (Lipinski definition) is 1. The molecule has 0 bridgehead atoms. The van der Waals surface area contributed by atoms with Gasteiger partial charge in [0.25, 0.3) is 0 Å². The quantitative estimate of drug-likeness (QED) is 0.788. The highest BCUT2D eigenvalue weighted by molar-refractivity contribution is 7.10. The van der Waals surface area contributed by atoms with Gasteiger partial charge in [-0.2, -0.15) is 0 Å². The van der Waals surface area contributed by atoms with E-state index >= 15 is 0 Å². The van der Waals surface area contributed by atoms with Gasteiger partial charge < -0.3 is 5.11 Å². The maximum absolute atomic E-state index is 10.9. The van der Waals surface area contributed by atoms with Gasteiger partial charge in [0.2, 0.25) is 0 Å². The van der Waals surface area contributed by atoms with Crippen LogP contribution in [-0.4, -0.2) is 16.1 Å². The summed E-state index contributed by atoms with van der Waals surface area (Å²) in [6, 6.07) is 18.2. The molecule has 2 aromatic carbocycles. The van der Waals surface area contributed by atoms with Gasteiger partial charge in [0.15, 0.2) is 0 Å². The number of carboxylic acid groups (broad SMARTS) is 1. The van der Waals surface area contributed by atoms with E-state index in [2.05, 4.69) is 17.1 Å². The molecule has 21 heavy (non-hydrogen) atoms. The highest BCUT2D eigenvalue weighted by atomic mass is 32.1. The Bertz CT molecular complexity index is 748. The lowest BCUT2D eigenvalue weighted by Gasteiger charge is -2.04. The maximum Gasteiger partial charge on any atom is 0.308 e. The summed E-state index contributed by atoms with van der Waals surface area (Å²) in [7, 11) is 0. The van der Waals surface area contributed by atoms with Crippen LogP contribution in [0.25, 0.3) is 22.4 Å². The smallest absolute Gasteiger partial charge is 0.308 e. The Hall–Kier alpha value is -2.46. The fourth-order valence-corrected chi connectivity index (χ4v) is 2.99. The molecule has 0 spiro atoms. The van der Waals surface area contributed by atoms with Crippen molar-refractivity contribution >= 4 is 17.3 Å². The molecule has 1 N–H and O–H groups in total. The third-order valence-corrected chi connectivity index (χ3v) is 4.05. The number of benzene rings is 2. The number of aromatic nitrogens is 1. The van der Waals surface area contributed by atoms with Crippen LogP contribution in [0.15, 0.2) is 60.1 Å². The largest absolute Gasteiger partial charge is 0.481 e. The minimum absolute atomic E-state index is 0.0143. The summed E-state index contributed by atoms with van der Waals surface area (Å²) >= 11 is 1.38. The Kier molecular flexibility index (Phi) is 3.79. The highest BCUT2D eigenvalue weighted by Gasteiger charge is 2.12. The summed E-state index contributed by atoms with van der Waals surface area (Å²) in [4.78, 5) is 16.0. The van der Waals surface area contributed by atoms with Crippen molar-refractivity contribution < 1.29 is 9.90 Å². The monoisotopic (exact) mass is 295 g/mol. The summed E-state index contributed by atoms with van der Waals surface area (Å²) in [5.41, 5.74) is 5.70. The second-order valence-electron chi connectivity index (χ2n) is 4.64. The van der Waals surface area contributed by atoms with Gasteiger partial charge in [0.1, 0.15) is 0 Å². The Labute approximate surface area is 126 Å². The minimum Gasteiger partial charge on any atom is -0.481 e. The van der Waals surface area contributed by atoms with Crippen molar-refractivity contribution in [3.63, 3.8) is 0 Å². The molecule has 0 aliphatic rings. The molecule has 104 valence electrons. The minimum atomic E-state index is -0.832. The van der Waals surface area contributed by atoms with E-state index < -0.39 is 5.97 Å². The lowest BCUT2D eigenvalue weighted by molar-refractivity contribution is -0.136. The molecule has 0 saturated carbocycles. The van der Waals surface area contributed by atoms with Gasteiger partial charge in [0, 0.05) is 10.4 Å². The van der Waals surface area contributed by atoms with Crippen molar-refractivity contribution in [2.75, 3.05) is 0 Å². The molecule has 4 heteroatoms. The SMILES string of the molecule is O=C(O)Cc1scnc1-c1ccc(-c2ccccc2)cc1. The van der Waals surface area contributed by atoms with Crippen molar-refractivity contribution in [3.8, 4) is 22.4 Å². The molecule has 0 radical (unpaired) electrons. The number of nitrogens with zero attached hydrogens (tertiary/aromatic N) is 1. The fourth-order valence-electron chi connectivity index (χ4n) is 2.22. The van der Waals surface area contributed by atoms with Crippen molar-refractivity contribution in [1.82, 2.24) is 4.98 Å². The van der Waals surface area contributed by atoms with Crippen molar-refractivity contribution in [1.29, 1.82) is 0 Å². The van der Waals surface area contributed by atoms with Crippen LogP contribution in [0.2, 0.25) is 0 Å². The molecule has 0 fully saturated rings. The first kappa shape index (κ1) is 13.5. The molecule has 0 aliphatic carbocycles. The van der Waals surface area contributed by atoms with E-state index in [-0.39, 0.29) is 6.42 Å². The predicted molar refractivity (Wildman–Crippen MR) is 84.3 cm³/mol. The third-order valence-electron chi connectivity index (χ3n) is 3.22. The van der Waals surface area contributed by atoms with E-state index in [9.17, 15) is 4.79 Å². The molecule has 0 unspecified atom stereocenters. The van der Waals surface area contributed by atoms with Gasteiger partial charge in [-0.15, -0.1) is 11.3 Å². The summed E-state index contributed by atoms with van der Waals surface area (Å²) in [6.07, 6.45) is 0.0143. The van der Waals surface area contributed by atoms with Gasteiger partial charge in [-0.3, -0.25) is 4.79 Å². The highest BCUT2D eigenvalue weighted by Crippen LogP contribution is 2.28. The van der Waals surface area contributed by atoms with E-state index in [4.69, 9.17) is 5.11 Å². The van der Waals surface area contributed by atoms with Crippen molar-refractivity contribution in [2.24, 2.45) is 0 Å². The third kappa shape index (κ3) is 3.01. The number of aliphatic carboxylic acids is 1. The molecule has 0 aliphatic heterocycles. The van der Waals surface area contributed by atoms with Crippen LogP contribution in [-0.2, 0) is 11.2 Å². The van der Waals surface area contributed by atoms with E-state index in [0.717, 1.165) is 27.3 Å². The van der Waals surface area contributed by atoms with Gasteiger partial charge in [-0.25, -0.2) is 4.98 Å². The van der Waals surface area contributed by atoms with Crippen molar-refractivity contribution in [2.45, 2.75) is 6.42 Å². The average molecular weight is 295 g/mol. The summed E-state index contributed by atoms with van der Waals surface area (Å²) in [5, 5.41) is 8.93. The normalized spacial score (nSPS) is 10.5. The molecule has 1 aromatic heterocycles. The maximum atomic E-state index is 10.9. The van der Waals surface area contributed by atoms with Crippen LogP contribution in [0.3, 0.4) is 0 Å². The fraction of sp³-hybridized carbons (Fsp3) is 0.0588. The first-order valence-electron chi connectivity index (χ1n) is 6.54. The van der Waals surface area contributed by atoms with Crippen LogP contribution in [0, 0.1) is 0 Å². The zero-order valence-electron chi connectivity index (χ0n) is 11.2. The first-order valence-corrected chi connectivity index (χ1v) is 7.42. The predicted octanol–water partition coefficient (Wildman–Crippen LogP) is 4.10. The van der Waals surface area contributed by atoms with E-state index in [1.165, 1.54) is 11.3 Å². The van der Waals surface area contributed by atoms with Crippen LogP contribution < -0.4 is 0 Å². The zero-order valence-corrected chi connectivity index (χ0v) is 12.0. The molecule has 3 aromatic rings. The zero-order chi connectivity index (χ0) is 14.7. The first-order chi connectivity index (χ1) is 10.2. The van der Waals surface area contributed by atoms with E-state index in [0.29, 0.717) is 0 Å². The molecular formula is C17H13NO2S. The topological polar surface area (TPSA) is 50.2 Å². The Morgan fingerprint density at radius 1 is 0.952 bits per heavy atom. The Morgan fingerprint density at radius 2 is 1.57 bits per heavy atom. The molecule has 1 heterocycles. The van der Waals surface area contributed by atoms with E-state index in [1.807, 2.05) is 42.5 Å². The molecule has 0 saturated heterocycles.